The van der Waals surface area contributed by atoms with Gasteiger partial charge in [0.1, 0.15) is 0 Å². The molecule has 0 saturated heterocycles. The van der Waals surface area contributed by atoms with Gasteiger partial charge in [0.2, 0.25) is 9.04 Å². The van der Waals surface area contributed by atoms with E-state index in [2.05, 4.69) is 26.9 Å². The van der Waals surface area contributed by atoms with Crippen LogP contribution in [-0.2, 0) is 4.43 Å². The van der Waals surface area contributed by atoms with Crippen molar-refractivity contribution < 1.29 is 4.43 Å². The fraction of sp³-hybridized carbons (Fsp3) is 1.00. The molecule has 0 N–H and O–H groups in total. The molecule has 0 spiro atoms. The predicted octanol–water partition coefficient (Wildman–Crippen LogP) is 5.56. The van der Waals surface area contributed by atoms with Crippen molar-refractivity contribution in [2.75, 3.05) is 0 Å². The third-order valence-electron chi connectivity index (χ3n) is 3.15. The second-order valence-electron chi connectivity index (χ2n) is 5.45. The van der Waals surface area contributed by atoms with Crippen LogP contribution in [0.4, 0.5) is 0 Å². The Labute approximate surface area is 111 Å². The SMILES string of the molecule is CCCCCCCCCCCC(C)O[Si](C)C. The zero-order valence-corrected chi connectivity index (χ0v) is 13.6. The summed E-state index contributed by atoms with van der Waals surface area (Å²) in [4.78, 5) is 0. The van der Waals surface area contributed by atoms with Crippen LogP contribution in [0.1, 0.15) is 78.1 Å². The summed E-state index contributed by atoms with van der Waals surface area (Å²) in [5, 5.41) is 0. The van der Waals surface area contributed by atoms with Gasteiger partial charge in [0.15, 0.2) is 0 Å². The first-order valence-corrected chi connectivity index (χ1v) is 10.0. The second kappa shape index (κ2) is 12.6. The number of unbranched alkanes of at least 4 members (excludes halogenated alkanes) is 8. The zero-order chi connectivity index (χ0) is 12.9. The lowest BCUT2D eigenvalue weighted by molar-refractivity contribution is 0.209. The molecule has 0 aromatic rings. The Balaban J connectivity index is 3.07. The maximum absolute atomic E-state index is 5.82. The maximum Gasteiger partial charge on any atom is 0.205 e. The zero-order valence-electron chi connectivity index (χ0n) is 12.6. The molecular weight excluding hydrogens is 224 g/mol. The van der Waals surface area contributed by atoms with E-state index < -0.39 is 9.04 Å². The molecule has 0 amide bonds. The van der Waals surface area contributed by atoms with Gasteiger partial charge in [-0.25, -0.2) is 0 Å². The van der Waals surface area contributed by atoms with Gasteiger partial charge in [-0.05, 0) is 26.4 Å². The maximum atomic E-state index is 5.82. The fourth-order valence-corrected chi connectivity index (χ4v) is 3.13. The highest BCUT2D eigenvalue weighted by atomic mass is 28.3. The number of rotatable bonds is 12. The van der Waals surface area contributed by atoms with Crippen molar-refractivity contribution in [3.05, 3.63) is 0 Å². The minimum absolute atomic E-state index is 0.489. The molecule has 0 aliphatic carbocycles. The van der Waals surface area contributed by atoms with Crippen molar-refractivity contribution in [1.82, 2.24) is 0 Å². The van der Waals surface area contributed by atoms with Gasteiger partial charge in [-0.1, -0.05) is 64.7 Å². The lowest BCUT2D eigenvalue weighted by Gasteiger charge is -2.14. The first kappa shape index (κ1) is 17.2. The summed E-state index contributed by atoms with van der Waals surface area (Å²) in [6.45, 7) is 8.94. The molecule has 0 aromatic heterocycles. The third kappa shape index (κ3) is 14.1. The van der Waals surface area contributed by atoms with Crippen LogP contribution in [-0.4, -0.2) is 15.1 Å². The van der Waals surface area contributed by atoms with Gasteiger partial charge in [-0.3, -0.25) is 0 Å². The van der Waals surface area contributed by atoms with Crippen LogP contribution < -0.4 is 0 Å². The van der Waals surface area contributed by atoms with E-state index in [-0.39, 0.29) is 0 Å². The van der Waals surface area contributed by atoms with Crippen LogP contribution in [0.15, 0.2) is 0 Å². The average molecular weight is 258 g/mol. The van der Waals surface area contributed by atoms with E-state index in [1.54, 1.807) is 0 Å². The summed E-state index contributed by atoms with van der Waals surface area (Å²) >= 11 is 0. The summed E-state index contributed by atoms with van der Waals surface area (Å²) in [5.74, 6) is 0. The molecule has 1 nitrogen and oxygen atoms in total. The summed E-state index contributed by atoms with van der Waals surface area (Å²) in [7, 11) is -0.493. The summed E-state index contributed by atoms with van der Waals surface area (Å²) in [5.41, 5.74) is 0. The van der Waals surface area contributed by atoms with Gasteiger partial charge in [-0.2, -0.15) is 0 Å². The molecule has 103 valence electrons. The van der Waals surface area contributed by atoms with E-state index in [1.807, 2.05) is 0 Å². The van der Waals surface area contributed by atoms with E-state index in [0.717, 1.165) is 0 Å². The first-order valence-electron chi connectivity index (χ1n) is 7.63. The van der Waals surface area contributed by atoms with E-state index in [1.165, 1.54) is 64.2 Å². The Morgan fingerprint density at radius 1 is 0.824 bits per heavy atom. The van der Waals surface area contributed by atoms with Crippen LogP contribution in [0.25, 0.3) is 0 Å². The Morgan fingerprint density at radius 2 is 1.29 bits per heavy atom. The van der Waals surface area contributed by atoms with Crippen LogP contribution >= 0.6 is 0 Å². The first-order chi connectivity index (χ1) is 8.16. The van der Waals surface area contributed by atoms with Crippen LogP contribution in [0, 0.1) is 0 Å². The van der Waals surface area contributed by atoms with Gasteiger partial charge >= 0.3 is 0 Å². The van der Waals surface area contributed by atoms with Crippen molar-refractivity contribution in [2.45, 2.75) is 97.3 Å². The fourth-order valence-electron chi connectivity index (χ4n) is 2.20. The van der Waals surface area contributed by atoms with Gasteiger partial charge < -0.3 is 4.43 Å². The van der Waals surface area contributed by atoms with Gasteiger partial charge in [-0.15, -0.1) is 0 Å². The Hall–Kier alpha value is 0.177. The molecule has 0 aliphatic rings. The smallest absolute Gasteiger partial charge is 0.205 e. The molecule has 0 aromatic carbocycles. The molecule has 1 unspecified atom stereocenters. The van der Waals surface area contributed by atoms with Crippen molar-refractivity contribution in [3.63, 3.8) is 0 Å². The molecule has 0 bridgehead atoms. The highest BCUT2D eigenvalue weighted by molar-refractivity contribution is 6.48. The van der Waals surface area contributed by atoms with Crippen molar-refractivity contribution in [2.24, 2.45) is 0 Å². The van der Waals surface area contributed by atoms with Crippen LogP contribution in [0.2, 0.25) is 13.1 Å². The van der Waals surface area contributed by atoms with E-state index in [4.69, 9.17) is 4.43 Å². The largest absolute Gasteiger partial charge is 0.415 e. The van der Waals surface area contributed by atoms with E-state index >= 15 is 0 Å². The molecular formula is C15H33OSi. The molecule has 0 rings (SSSR count). The highest BCUT2D eigenvalue weighted by Gasteiger charge is 2.05. The normalized spacial score (nSPS) is 13.2. The monoisotopic (exact) mass is 257 g/mol. The Kier molecular flexibility index (Phi) is 12.8. The van der Waals surface area contributed by atoms with Gasteiger partial charge in [0.05, 0.1) is 0 Å². The quantitative estimate of drug-likeness (QED) is 0.328. The van der Waals surface area contributed by atoms with Crippen LogP contribution in [0.5, 0.6) is 0 Å². The summed E-state index contributed by atoms with van der Waals surface area (Å²) in [6, 6.07) is 0. The molecule has 0 saturated carbocycles. The minimum atomic E-state index is -0.493. The third-order valence-corrected chi connectivity index (χ3v) is 4.02. The number of hydrogen-bond acceptors (Lipinski definition) is 1. The number of hydrogen-bond donors (Lipinski definition) is 0. The lowest BCUT2D eigenvalue weighted by atomic mass is 10.1. The van der Waals surface area contributed by atoms with Crippen LogP contribution in [0.3, 0.4) is 0 Å². The standard InChI is InChI=1S/C15H33OSi/c1-5-6-7-8-9-10-11-12-13-14-15(2)16-17(3)4/h15H,5-14H2,1-4H3. The van der Waals surface area contributed by atoms with E-state index in [0.29, 0.717) is 6.10 Å². The summed E-state index contributed by atoms with van der Waals surface area (Å²) < 4.78 is 5.82. The molecule has 0 heterocycles. The van der Waals surface area contributed by atoms with Gasteiger partial charge in [0, 0.05) is 6.10 Å². The molecule has 17 heavy (non-hydrogen) atoms. The Morgan fingerprint density at radius 3 is 1.76 bits per heavy atom. The molecule has 1 radical (unpaired) electrons. The predicted molar refractivity (Wildman–Crippen MR) is 79.9 cm³/mol. The molecule has 2 heteroatoms. The van der Waals surface area contributed by atoms with Crippen molar-refractivity contribution in [1.29, 1.82) is 0 Å². The molecule has 1 atom stereocenters. The minimum Gasteiger partial charge on any atom is -0.415 e. The lowest BCUT2D eigenvalue weighted by Crippen LogP contribution is -2.17. The summed E-state index contributed by atoms with van der Waals surface area (Å²) in [6.07, 6.45) is 14.5. The Bertz CT molecular complexity index is 148. The van der Waals surface area contributed by atoms with Gasteiger partial charge in [0.25, 0.3) is 0 Å². The highest BCUT2D eigenvalue weighted by Crippen LogP contribution is 2.12. The average Bonchev–Trinajstić information content (AvgIpc) is 2.26. The second-order valence-corrected chi connectivity index (χ2v) is 7.51. The van der Waals surface area contributed by atoms with Crippen molar-refractivity contribution in [3.8, 4) is 0 Å². The molecule has 0 aliphatic heterocycles. The van der Waals surface area contributed by atoms with E-state index in [9.17, 15) is 0 Å². The van der Waals surface area contributed by atoms with Crippen molar-refractivity contribution >= 4 is 9.04 Å². The molecule has 0 fully saturated rings. The topological polar surface area (TPSA) is 9.23 Å².